The Morgan fingerprint density at radius 2 is 1.72 bits per heavy atom. The molecule has 3 aromatic rings. The molecule has 1 aliphatic rings. The first kappa shape index (κ1) is 18.7. The van der Waals surface area contributed by atoms with Crippen LogP contribution in [-0.2, 0) is 9.59 Å². The minimum Gasteiger partial charge on any atom is -0.506 e. The average molecular weight is 395 g/mol. The van der Waals surface area contributed by atoms with Crippen LogP contribution >= 0.6 is 0 Å². The number of rotatable bonds is 3. The van der Waals surface area contributed by atoms with Crippen molar-refractivity contribution in [1.82, 2.24) is 4.98 Å². The van der Waals surface area contributed by atoms with Gasteiger partial charge in [0.05, 0.1) is 5.52 Å². The van der Waals surface area contributed by atoms with Crippen molar-refractivity contribution in [3.05, 3.63) is 71.4 Å². The van der Waals surface area contributed by atoms with Crippen LogP contribution in [0.3, 0.4) is 0 Å². The normalized spacial score (nSPS) is 14.3. The number of carbonyl (C=O) groups is 2. The number of pyridine rings is 1. The Kier molecular flexibility index (Phi) is 4.80. The second kappa shape index (κ2) is 7.43. The highest BCUT2D eigenvalue weighted by Gasteiger charge is 2.27. The zero-order valence-electron chi connectivity index (χ0n) is 15.1. The molecular formula is C22H15F2NO4. The molecule has 1 N–H and O–H groups in total. The SMILES string of the molecule is O=C1CCCC(=O)C1=C(O)c1ccc2nccc(Oc3ccc(F)cc3F)c2c1. The van der Waals surface area contributed by atoms with E-state index in [2.05, 4.69) is 4.98 Å². The fraction of sp³-hybridized carbons (Fsp3) is 0.136. The Morgan fingerprint density at radius 1 is 0.966 bits per heavy atom. The number of fused-ring (bicyclic) bond motifs is 1. The van der Waals surface area contributed by atoms with Crippen LogP contribution in [0.5, 0.6) is 11.5 Å². The Labute approximate surface area is 164 Å². The molecule has 0 spiro atoms. The van der Waals surface area contributed by atoms with Gasteiger partial charge in [0.25, 0.3) is 0 Å². The third kappa shape index (κ3) is 3.59. The van der Waals surface area contributed by atoms with Crippen LogP contribution in [0.1, 0.15) is 24.8 Å². The maximum absolute atomic E-state index is 14.0. The zero-order chi connectivity index (χ0) is 20.5. The predicted octanol–water partition coefficient (Wildman–Crippen LogP) is 4.90. The number of allylic oxidation sites excluding steroid dienone is 1. The first-order valence-corrected chi connectivity index (χ1v) is 8.96. The number of Topliss-reactive ketones (excluding diaryl/α,β-unsaturated/α-hetero) is 2. The van der Waals surface area contributed by atoms with Gasteiger partial charge in [0.2, 0.25) is 0 Å². The van der Waals surface area contributed by atoms with E-state index in [4.69, 9.17) is 4.74 Å². The minimum absolute atomic E-state index is 0.176. The van der Waals surface area contributed by atoms with Crippen molar-refractivity contribution in [2.24, 2.45) is 0 Å². The lowest BCUT2D eigenvalue weighted by Gasteiger charge is -2.15. The van der Waals surface area contributed by atoms with E-state index < -0.39 is 29.0 Å². The number of aliphatic hydroxyl groups is 1. The molecule has 0 unspecified atom stereocenters. The van der Waals surface area contributed by atoms with Crippen molar-refractivity contribution in [3.8, 4) is 11.5 Å². The molecule has 1 fully saturated rings. The standard InChI is InChI=1S/C22H15F2NO4/c23-13-5-7-20(15(24)11-13)29-19-8-9-25-16-6-4-12(10-14(16)19)22(28)21-17(26)2-1-3-18(21)27/h4-11,28H,1-3H2. The minimum atomic E-state index is -0.866. The molecule has 1 aromatic heterocycles. The summed E-state index contributed by atoms with van der Waals surface area (Å²) < 4.78 is 32.7. The van der Waals surface area contributed by atoms with Gasteiger partial charge in [0.1, 0.15) is 22.9 Å². The second-order valence-electron chi connectivity index (χ2n) is 6.64. The van der Waals surface area contributed by atoms with Crippen molar-refractivity contribution in [2.75, 3.05) is 0 Å². The molecule has 0 saturated heterocycles. The van der Waals surface area contributed by atoms with Crippen LogP contribution in [0.4, 0.5) is 8.78 Å². The molecule has 7 heteroatoms. The van der Waals surface area contributed by atoms with E-state index in [0.29, 0.717) is 23.4 Å². The van der Waals surface area contributed by atoms with Gasteiger partial charge in [0, 0.05) is 36.1 Å². The summed E-state index contributed by atoms with van der Waals surface area (Å²) in [6.45, 7) is 0. The third-order valence-corrected chi connectivity index (χ3v) is 4.69. The average Bonchev–Trinajstić information content (AvgIpc) is 2.69. The van der Waals surface area contributed by atoms with Crippen molar-refractivity contribution in [3.63, 3.8) is 0 Å². The van der Waals surface area contributed by atoms with Gasteiger partial charge in [-0.3, -0.25) is 14.6 Å². The molecule has 2 aromatic carbocycles. The van der Waals surface area contributed by atoms with Crippen molar-refractivity contribution in [1.29, 1.82) is 0 Å². The van der Waals surface area contributed by atoms with Gasteiger partial charge in [-0.1, -0.05) is 0 Å². The molecule has 1 aliphatic carbocycles. The Bertz CT molecular complexity index is 1170. The summed E-state index contributed by atoms with van der Waals surface area (Å²) in [5.74, 6) is -2.73. The Balaban J connectivity index is 1.80. The van der Waals surface area contributed by atoms with Gasteiger partial charge < -0.3 is 9.84 Å². The smallest absolute Gasteiger partial charge is 0.170 e. The molecule has 4 rings (SSSR count). The molecule has 0 atom stereocenters. The molecule has 29 heavy (non-hydrogen) atoms. The summed E-state index contributed by atoms with van der Waals surface area (Å²) >= 11 is 0. The second-order valence-corrected chi connectivity index (χ2v) is 6.64. The van der Waals surface area contributed by atoms with E-state index >= 15 is 0 Å². The highest BCUT2D eigenvalue weighted by Crippen LogP contribution is 2.33. The molecule has 0 radical (unpaired) electrons. The van der Waals surface area contributed by atoms with Crippen LogP contribution in [0.15, 0.2) is 54.2 Å². The van der Waals surface area contributed by atoms with Gasteiger partial charge >= 0.3 is 0 Å². The number of ether oxygens (including phenoxy) is 1. The lowest BCUT2D eigenvalue weighted by molar-refractivity contribution is -0.123. The van der Waals surface area contributed by atoms with Gasteiger partial charge in [0.15, 0.2) is 23.1 Å². The molecule has 1 saturated carbocycles. The van der Waals surface area contributed by atoms with Crippen LogP contribution < -0.4 is 4.74 Å². The number of carbonyl (C=O) groups excluding carboxylic acids is 2. The van der Waals surface area contributed by atoms with E-state index in [1.165, 1.54) is 30.5 Å². The summed E-state index contributed by atoms with van der Waals surface area (Å²) in [5.41, 5.74) is 0.535. The summed E-state index contributed by atoms with van der Waals surface area (Å²) in [6.07, 6.45) is 2.35. The highest BCUT2D eigenvalue weighted by molar-refractivity contribution is 6.25. The van der Waals surface area contributed by atoms with E-state index in [9.17, 15) is 23.5 Å². The van der Waals surface area contributed by atoms with Crippen LogP contribution in [0.25, 0.3) is 16.7 Å². The summed E-state index contributed by atoms with van der Waals surface area (Å²) in [5, 5.41) is 11.0. The van der Waals surface area contributed by atoms with Gasteiger partial charge in [-0.25, -0.2) is 8.78 Å². The van der Waals surface area contributed by atoms with E-state index in [1.807, 2.05) is 0 Å². The van der Waals surface area contributed by atoms with Gasteiger partial charge in [-0.2, -0.15) is 0 Å². The number of nitrogens with zero attached hydrogens (tertiary/aromatic N) is 1. The lowest BCUT2D eigenvalue weighted by Crippen LogP contribution is -2.20. The number of ketones is 2. The molecule has 0 amide bonds. The number of hydrogen-bond acceptors (Lipinski definition) is 5. The van der Waals surface area contributed by atoms with E-state index in [0.717, 1.165) is 6.07 Å². The third-order valence-electron chi connectivity index (χ3n) is 4.69. The molecule has 1 heterocycles. The predicted molar refractivity (Wildman–Crippen MR) is 102 cm³/mol. The fourth-order valence-corrected chi connectivity index (χ4v) is 3.26. The summed E-state index contributed by atoms with van der Waals surface area (Å²) in [4.78, 5) is 28.4. The number of halogens is 2. The topological polar surface area (TPSA) is 76.5 Å². The fourth-order valence-electron chi connectivity index (χ4n) is 3.26. The monoisotopic (exact) mass is 395 g/mol. The van der Waals surface area contributed by atoms with Crippen molar-refractivity contribution >= 4 is 28.2 Å². The first-order valence-electron chi connectivity index (χ1n) is 8.96. The summed E-state index contributed by atoms with van der Waals surface area (Å²) in [7, 11) is 0. The van der Waals surface area contributed by atoms with E-state index in [-0.39, 0.29) is 35.5 Å². The molecule has 0 aliphatic heterocycles. The van der Waals surface area contributed by atoms with E-state index in [1.54, 1.807) is 6.07 Å². The van der Waals surface area contributed by atoms with Crippen LogP contribution in [0, 0.1) is 11.6 Å². The van der Waals surface area contributed by atoms with Crippen LogP contribution in [0.2, 0.25) is 0 Å². The zero-order valence-corrected chi connectivity index (χ0v) is 15.1. The number of hydrogen-bond donors (Lipinski definition) is 1. The number of aliphatic hydroxyl groups excluding tert-OH is 1. The first-order chi connectivity index (χ1) is 13.9. The van der Waals surface area contributed by atoms with Gasteiger partial charge in [-0.15, -0.1) is 0 Å². The Morgan fingerprint density at radius 3 is 2.45 bits per heavy atom. The summed E-state index contributed by atoms with van der Waals surface area (Å²) in [6, 6.07) is 9.08. The molecular weight excluding hydrogens is 380 g/mol. The molecule has 0 bridgehead atoms. The van der Waals surface area contributed by atoms with Crippen molar-refractivity contribution in [2.45, 2.75) is 19.3 Å². The van der Waals surface area contributed by atoms with Crippen LogP contribution in [-0.4, -0.2) is 21.7 Å². The Hall–Kier alpha value is -3.61. The largest absolute Gasteiger partial charge is 0.506 e. The molecule has 5 nitrogen and oxygen atoms in total. The highest BCUT2D eigenvalue weighted by atomic mass is 19.1. The lowest BCUT2D eigenvalue weighted by atomic mass is 9.89. The van der Waals surface area contributed by atoms with Gasteiger partial charge in [-0.05, 0) is 42.8 Å². The quantitative estimate of drug-likeness (QED) is 0.388. The maximum atomic E-state index is 14.0. The number of aromatic nitrogens is 1. The van der Waals surface area contributed by atoms with Crippen molar-refractivity contribution < 1.29 is 28.2 Å². The molecule has 146 valence electrons. The number of benzene rings is 2. The maximum Gasteiger partial charge on any atom is 0.170 e.